The highest BCUT2D eigenvalue weighted by Crippen LogP contribution is 2.44. The van der Waals surface area contributed by atoms with Gasteiger partial charge in [-0.1, -0.05) is 60.1 Å². The van der Waals surface area contributed by atoms with Crippen LogP contribution in [0.3, 0.4) is 0 Å². The number of hydrogen-bond donors (Lipinski definition) is 3. The Morgan fingerprint density at radius 2 is 1.59 bits per heavy atom. The first-order chi connectivity index (χ1) is 14.0. The van der Waals surface area contributed by atoms with Gasteiger partial charge in [-0.05, 0) is 28.3 Å². The molecular weight excluding hydrogens is 394 g/mol. The molecule has 0 aliphatic heterocycles. The summed E-state index contributed by atoms with van der Waals surface area (Å²) in [7, 11) is 0. The summed E-state index contributed by atoms with van der Waals surface area (Å²) in [4.78, 5) is 23.5. The molecule has 0 fully saturated rings. The van der Waals surface area contributed by atoms with E-state index in [9.17, 15) is 14.7 Å². The lowest BCUT2D eigenvalue weighted by Crippen LogP contribution is -2.18. The van der Waals surface area contributed by atoms with E-state index in [2.05, 4.69) is 5.32 Å². The number of halogens is 1. The molecule has 6 nitrogen and oxygen atoms in total. The summed E-state index contributed by atoms with van der Waals surface area (Å²) < 4.78 is 5.40. The molecule has 146 valence electrons. The standard InChI is InChI=1S/C22H16ClNO5/c23-20-17(21(26)27)9-12(25)10-19(20)24-22(28)29-11-18-15-7-3-1-5-13(15)14-6-2-4-8-16(14)18/h1-10,18,25H,11H2,(H,24,28)(H,26,27). The zero-order valence-electron chi connectivity index (χ0n) is 15.1. The van der Waals surface area contributed by atoms with E-state index in [0.29, 0.717) is 0 Å². The van der Waals surface area contributed by atoms with Crippen molar-refractivity contribution in [3.63, 3.8) is 0 Å². The highest BCUT2D eigenvalue weighted by atomic mass is 35.5. The predicted octanol–water partition coefficient (Wildman–Crippen LogP) is 5.10. The molecule has 0 spiro atoms. The van der Waals surface area contributed by atoms with Crippen molar-refractivity contribution in [3.05, 3.63) is 82.4 Å². The van der Waals surface area contributed by atoms with E-state index in [4.69, 9.17) is 21.4 Å². The number of phenols is 1. The van der Waals surface area contributed by atoms with Crippen LogP contribution in [-0.2, 0) is 4.74 Å². The number of fused-ring (bicyclic) bond motifs is 3. The molecule has 0 atom stereocenters. The summed E-state index contributed by atoms with van der Waals surface area (Å²) in [6.45, 7) is 0.0993. The van der Waals surface area contributed by atoms with E-state index in [-0.39, 0.29) is 34.5 Å². The van der Waals surface area contributed by atoms with Crippen LogP contribution < -0.4 is 5.32 Å². The lowest BCUT2D eigenvalue weighted by molar-refractivity contribution is 0.0696. The van der Waals surface area contributed by atoms with Crippen molar-refractivity contribution in [3.8, 4) is 16.9 Å². The van der Waals surface area contributed by atoms with Crippen LogP contribution >= 0.6 is 11.6 Å². The number of carboxylic acid groups (broad SMARTS) is 1. The van der Waals surface area contributed by atoms with Crippen molar-refractivity contribution in [1.29, 1.82) is 0 Å². The van der Waals surface area contributed by atoms with Crippen molar-refractivity contribution < 1.29 is 24.5 Å². The zero-order chi connectivity index (χ0) is 20.5. The van der Waals surface area contributed by atoms with Crippen LogP contribution in [-0.4, -0.2) is 28.9 Å². The minimum absolute atomic E-state index is 0.0405. The SMILES string of the molecule is O=C(Nc1cc(O)cc(C(=O)O)c1Cl)OCC1c2ccccc2-c2ccccc21. The maximum absolute atomic E-state index is 12.3. The van der Waals surface area contributed by atoms with E-state index < -0.39 is 12.1 Å². The van der Waals surface area contributed by atoms with Gasteiger partial charge in [0.1, 0.15) is 12.4 Å². The van der Waals surface area contributed by atoms with Crippen molar-refractivity contribution >= 4 is 29.4 Å². The van der Waals surface area contributed by atoms with Gasteiger partial charge < -0.3 is 14.9 Å². The minimum Gasteiger partial charge on any atom is -0.508 e. The number of carboxylic acids is 1. The number of aromatic carboxylic acids is 1. The van der Waals surface area contributed by atoms with Crippen LogP contribution in [0, 0.1) is 0 Å². The number of aromatic hydroxyl groups is 1. The van der Waals surface area contributed by atoms with Crippen molar-refractivity contribution in [1.82, 2.24) is 0 Å². The largest absolute Gasteiger partial charge is 0.508 e. The molecule has 3 N–H and O–H groups in total. The van der Waals surface area contributed by atoms with Crippen LogP contribution in [0.25, 0.3) is 11.1 Å². The summed E-state index contributed by atoms with van der Waals surface area (Å²) in [5.41, 5.74) is 4.01. The normalized spacial score (nSPS) is 12.2. The van der Waals surface area contributed by atoms with Crippen molar-refractivity contribution in [2.24, 2.45) is 0 Å². The van der Waals surface area contributed by atoms with Crippen LogP contribution in [0.5, 0.6) is 5.75 Å². The fourth-order valence-electron chi connectivity index (χ4n) is 3.60. The van der Waals surface area contributed by atoms with Gasteiger partial charge in [-0.2, -0.15) is 0 Å². The number of carbonyl (C=O) groups excluding carboxylic acids is 1. The molecule has 0 bridgehead atoms. The Hall–Kier alpha value is -3.51. The van der Waals surface area contributed by atoms with Gasteiger partial charge in [0.15, 0.2) is 0 Å². The highest BCUT2D eigenvalue weighted by Gasteiger charge is 2.29. The van der Waals surface area contributed by atoms with Crippen molar-refractivity contribution in [2.45, 2.75) is 5.92 Å². The number of hydrogen-bond acceptors (Lipinski definition) is 4. The van der Waals surface area contributed by atoms with Crippen LogP contribution in [0.2, 0.25) is 5.02 Å². The maximum Gasteiger partial charge on any atom is 0.411 e. The van der Waals surface area contributed by atoms with Crippen LogP contribution in [0.1, 0.15) is 27.4 Å². The van der Waals surface area contributed by atoms with Gasteiger partial charge in [-0.25, -0.2) is 9.59 Å². The fourth-order valence-corrected chi connectivity index (χ4v) is 3.84. The van der Waals surface area contributed by atoms with E-state index in [0.717, 1.165) is 34.4 Å². The van der Waals surface area contributed by atoms with E-state index in [1.54, 1.807) is 0 Å². The number of amides is 1. The topological polar surface area (TPSA) is 95.9 Å². The predicted molar refractivity (Wildman–Crippen MR) is 109 cm³/mol. The molecule has 0 saturated heterocycles. The third-order valence-corrected chi connectivity index (χ3v) is 5.28. The Labute approximate surface area is 171 Å². The molecule has 0 saturated carbocycles. The van der Waals surface area contributed by atoms with Gasteiger partial charge >= 0.3 is 12.1 Å². The molecular formula is C22H16ClNO5. The lowest BCUT2D eigenvalue weighted by atomic mass is 9.98. The summed E-state index contributed by atoms with van der Waals surface area (Å²) in [5, 5.41) is 21.0. The van der Waals surface area contributed by atoms with Gasteiger partial charge in [0, 0.05) is 12.0 Å². The van der Waals surface area contributed by atoms with Crippen LogP contribution in [0.15, 0.2) is 60.7 Å². The minimum atomic E-state index is -1.32. The van der Waals surface area contributed by atoms with Gasteiger partial charge in [0.2, 0.25) is 0 Å². The Bertz CT molecular complexity index is 1080. The maximum atomic E-state index is 12.3. The second kappa shape index (κ2) is 7.48. The number of anilines is 1. The van der Waals surface area contributed by atoms with Crippen LogP contribution in [0.4, 0.5) is 10.5 Å². The third kappa shape index (κ3) is 3.50. The molecule has 3 aromatic rings. The Morgan fingerprint density at radius 3 is 2.17 bits per heavy atom. The Morgan fingerprint density at radius 1 is 1.00 bits per heavy atom. The number of ether oxygens (including phenoxy) is 1. The second-order valence-corrected chi connectivity index (χ2v) is 6.99. The molecule has 7 heteroatoms. The number of nitrogens with one attached hydrogen (secondary N) is 1. The molecule has 1 amide bonds. The lowest BCUT2D eigenvalue weighted by Gasteiger charge is -2.15. The summed E-state index contributed by atoms with van der Waals surface area (Å²) in [6.07, 6.45) is -0.796. The van der Waals surface area contributed by atoms with E-state index in [1.807, 2.05) is 48.5 Å². The summed E-state index contributed by atoms with van der Waals surface area (Å²) in [6, 6.07) is 18.1. The molecule has 1 aliphatic carbocycles. The van der Waals surface area contributed by atoms with E-state index >= 15 is 0 Å². The Kier molecular flexibility index (Phi) is 4.86. The van der Waals surface area contributed by atoms with Gasteiger partial charge in [-0.3, -0.25) is 5.32 Å². The number of benzene rings is 3. The highest BCUT2D eigenvalue weighted by molar-refractivity contribution is 6.36. The molecule has 0 aromatic heterocycles. The molecule has 3 aromatic carbocycles. The zero-order valence-corrected chi connectivity index (χ0v) is 15.8. The molecule has 0 heterocycles. The van der Waals surface area contributed by atoms with E-state index in [1.165, 1.54) is 0 Å². The number of carbonyl (C=O) groups is 2. The first-order valence-electron chi connectivity index (χ1n) is 8.83. The average molecular weight is 410 g/mol. The fraction of sp³-hybridized carbons (Fsp3) is 0.0909. The molecule has 0 radical (unpaired) electrons. The summed E-state index contributed by atoms with van der Waals surface area (Å²) >= 11 is 6.02. The van der Waals surface area contributed by atoms with Crippen molar-refractivity contribution in [2.75, 3.05) is 11.9 Å². The smallest absolute Gasteiger partial charge is 0.411 e. The summed E-state index contributed by atoms with van der Waals surface area (Å²) in [5.74, 6) is -1.76. The quantitative estimate of drug-likeness (QED) is 0.556. The first kappa shape index (κ1) is 18.8. The molecule has 29 heavy (non-hydrogen) atoms. The second-order valence-electron chi connectivity index (χ2n) is 6.61. The number of phenolic OH excluding ortho intramolecular Hbond substituents is 1. The monoisotopic (exact) mass is 409 g/mol. The van der Waals surface area contributed by atoms with Gasteiger partial charge in [-0.15, -0.1) is 0 Å². The number of rotatable bonds is 4. The average Bonchev–Trinajstić information content (AvgIpc) is 3.02. The van der Waals surface area contributed by atoms with Gasteiger partial charge in [0.25, 0.3) is 0 Å². The molecule has 4 rings (SSSR count). The van der Waals surface area contributed by atoms with Gasteiger partial charge in [0.05, 0.1) is 16.3 Å². The Balaban J connectivity index is 1.52. The first-order valence-corrected chi connectivity index (χ1v) is 9.21. The third-order valence-electron chi connectivity index (χ3n) is 4.87. The molecule has 0 unspecified atom stereocenters. The molecule has 1 aliphatic rings.